The highest BCUT2D eigenvalue weighted by Gasteiger charge is 2.23. The van der Waals surface area contributed by atoms with E-state index in [0.29, 0.717) is 0 Å². The number of aliphatic carboxylic acids is 2. The van der Waals surface area contributed by atoms with E-state index in [0.717, 1.165) is 6.07 Å². The molecular formula is C10H10N2O6. The second-order valence-electron chi connectivity index (χ2n) is 3.40. The smallest absolute Gasteiger partial charge is 0.326 e. The van der Waals surface area contributed by atoms with Gasteiger partial charge in [-0.2, -0.15) is 0 Å². The van der Waals surface area contributed by atoms with Gasteiger partial charge in [-0.25, -0.2) is 4.79 Å². The first-order valence-corrected chi connectivity index (χ1v) is 4.84. The average molecular weight is 254 g/mol. The molecule has 0 saturated carbocycles. The van der Waals surface area contributed by atoms with Gasteiger partial charge in [0.1, 0.15) is 6.04 Å². The Balaban J connectivity index is 2.81. The maximum absolute atomic E-state index is 11.6. The Labute approximate surface area is 100 Å². The topological polar surface area (TPSA) is 137 Å². The highest BCUT2D eigenvalue weighted by molar-refractivity contribution is 5.97. The third-order valence-electron chi connectivity index (χ3n) is 2.02. The van der Waals surface area contributed by atoms with Gasteiger partial charge >= 0.3 is 11.9 Å². The first kappa shape index (κ1) is 13.4. The fraction of sp³-hybridized carbons (Fsp3) is 0.200. The summed E-state index contributed by atoms with van der Waals surface area (Å²) in [6.45, 7) is 0. The van der Waals surface area contributed by atoms with E-state index in [4.69, 9.17) is 10.2 Å². The molecule has 8 heteroatoms. The number of pyridine rings is 1. The van der Waals surface area contributed by atoms with Crippen LogP contribution in [0.15, 0.2) is 23.1 Å². The molecule has 1 aromatic heterocycles. The molecule has 8 nitrogen and oxygen atoms in total. The zero-order valence-electron chi connectivity index (χ0n) is 9.04. The Morgan fingerprint density at radius 3 is 2.50 bits per heavy atom. The number of carboxylic acid groups (broad SMARTS) is 2. The van der Waals surface area contributed by atoms with Crippen molar-refractivity contribution in [3.8, 4) is 0 Å². The first-order valence-electron chi connectivity index (χ1n) is 4.84. The number of amides is 1. The molecule has 0 fully saturated rings. The number of H-pyrrole nitrogens is 1. The Kier molecular flexibility index (Phi) is 4.19. The molecule has 0 saturated heterocycles. The summed E-state index contributed by atoms with van der Waals surface area (Å²) >= 11 is 0. The molecule has 96 valence electrons. The van der Waals surface area contributed by atoms with Gasteiger partial charge in [0.25, 0.3) is 5.91 Å². The van der Waals surface area contributed by atoms with Crippen LogP contribution in [0, 0.1) is 0 Å². The summed E-state index contributed by atoms with van der Waals surface area (Å²) in [5.41, 5.74) is -0.567. The lowest BCUT2D eigenvalue weighted by molar-refractivity contribution is -0.145. The van der Waals surface area contributed by atoms with Gasteiger partial charge in [0.2, 0.25) is 5.56 Å². The highest BCUT2D eigenvalue weighted by atomic mass is 16.4. The molecule has 0 aliphatic rings. The van der Waals surface area contributed by atoms with Crippen molar-refractivity contribution >= 4 is 17.8 Å². The van der Waals surface area contributed by atoms with Crippen molar-refractivity contribution in [2.24, 2.45) is 0 Å². The molecule has 1 heterocycles. The molecular weight excluding hydrogens is 244 g/mol. The predicted molar refractivity (Wildman–Crippen MR) is 58.2 cm³/mol. The summed E-state index contributed by atoms with van der Waals surface area (Å²) in [7, 11) is 0. The maximum Gasteiger partial charge on any atom is 0.326 e. The SMILES string of the molecule is O=C(O)C[C@H](NC(=O)c1cc[nH]c(=O)c1)C(=O)O. The van der Waals surface area contributed by atoms with Crippen LogP contribution in [-0.2, 0) is 9.59 Å². The molecule has 0 unspecified atom stereocenters. The number of nitrogens with one attached hydrogen (secondary N) is 2. The summed E-state index contributed by atoms with van der Waals surface area (Å²) < 4.78 is 0. The van der Waals surface area contributed by atoms with E-state index in [2.05, 4.69) is 4.98 Å². The van der Waals surface area contributed by atoms with E-state index < -0.39 is 35.9 Å². The minimum Gasteiger partial charge on any atom is -0.481 e. The van der Waals surface area contributed by atoms with Crippen LogP contribution < -0.4 is 10.9 Å². The van der Waals surface area contributed by atoms with Crippen LogP contribution in [0.3, 0.4) is 0 Å². The standard InChI is InChI=1S/C10H10N2O6/c13-7-3-5(1-2-11-7)9(16)12-6(10(17)18)4-8(14)15/h1-3,6H,4H2,(H,11,13)(H,12,16)(H,14,15)(H,17,18)/t6-/m0/s1. The van der Waals surface area contributed by atoms with Crippen LogP contribution in [-0.4, -0.2) is 39.1 Å². The normalized spacial score (nSPS) is 11.6. The third kappa shape index (κ3) is 3.74. The first-order chi connectivity index (χ1) is 8.40. The van der Waals surface area contributed by atoms with Crippen LogP contribution in [0.2, 0.25) is 0 Å². The predicted octanol–water partition coefficient (Wildman–Crippen LogP) is -0.967. The van der Waals surface area contributed by atoms with E-state index in [9.17, 15) is 19.2 Å². The molecule has 0 bridgehead atoms. The third-order valence-corrected chi connectivity index (χ3v) is 2.02. The zero-order chi connectivity index (χ0) is 13.7. The van der Waals surface area contributed by atoms with E-state index in [1.54, 1.807) is 0 Å². The minimum atomic E-state index is -1.55. The van der Waals surface area contributed by atoms with Crippen LogP contribution in [0.5, 0.6) is 0 Å². The summed E-state index contributed by atoms with van der Waals surface area (Å²) in [5, 5.41) is 19.2. The molecule has 1 rings (SSSR count). The molecule has 0 radical (unpaired) electrons. The lowest BCUT2D eigenvalue weighted by atomic mass is 10.2. The number of carbonyl (C=O) groups is 3. The Hall–Kier alpha value is -2.64. The average Bonchev–Trinajstić information content (AvgIpc) is 2.27. The fourth-order valence-corrected chi connectivity index (χ4v) is 1.20. The van der Waals surface area contributed by atoms with Crippen LogP contribution in [0.1, 0.15) is 16.8 Å². The quantitative estimate of drug-likeness (QED) is 0.533. The number of rotatable bonds is 5. The molecule has 0 aromatic carbocycles. The van der Waals surface area contributed by atoms with Crippen molar-refractivity contribution in [3.05, 3.63) is 34.2 Å². The molecule has 0 aliphatic carbocycles. The van der Waals surface area contributed by atoms with Crippen molar-refractivity contribution in [2.75, 3.05) is 0 Å². The number of aromatic amines is 1. The largest absolute Gasteiger partial charge is 0.481 e. The van der Waals surface area contributed by atoms with Crippen molar-refractivity contribution in [3.63, 3.8) is 0 Å². The van der Waals surface area contributed by atoms with E-state index in [1.807, 2.05) is 5.32 Å². The Morgan fingerprint density at radius 1 is 1.33 bits per heavy atom. The lowest BCUT2D eigenvalue weighted by Crippen LogP contribution is -2.42. The summed E-state index contributed by atoms with van der Waals surface area (Å²) in [5.74, 6) is -3.64. The highest BCUT2D eigenvalue weighted by Crippen LogP contribution is 1.98. The number of aromatic nitrogens is 1. The molecule has 4 N–H and O–H groups in total. The van der Waals surface area contributed by atoms with Crippen molar-refractivity contribution in [1.29, 1.82) is 0 Å². The van der Waals surface area contributed by atoms with Gasteiger partial charge < -0.3 is 20.5 Å². The van der Waals surface area contributed by atoms with Gasteiger partial charge in [0, 0.05) is 17.8 Å². The second-order valence-corrected chi connectivity index (χ2v) is 3.40. The number of hydrogen-bond acceptors (Lipinski definition) is 4. The fourth-order valence-electron chi connectivity index (χ4n) is 1.20. The Bertz CT molecular complexity index is 535. The molecule has 0 spiro atoms. The Morgan fingerprint density at radius 2 is 2.00 bits per heavy atom. The van der Waals surface area contributed by atoms with Gasteiger partial charge in [-0.1, -0.05) is 0 Å². The molecule has 1 atom stereocenters. The monoisotopic (exact) mass is 254 g/mol. The van der Waals surface area contributed by atoms with Gasteiger partial charge in [0.15, 0.2) is 0 Å². The molecule has 18 heavy (non-hydrogen) atoms. The number of carbonyl (C=O) groups excluding carboxylic acids is 1. The number of hydrogen-bond donors (Lipinski definition) is 4. The summed E-state index contributed by atoms with van der Waals surface area (Å²) in [6, 6.07) is 0.708. The van der Waals surface area contributed by atoms with Crippen molar-refractivity contribution in [1.82, 2.24) is 10.3 Å². The van der Waals surface area contributed by atoms with E-state index in [-0.39, 0.29) is 5.56 Å². The number of carboxylic acids is 2. The minimum absolute atomic E-state index is 0.0459. The lowest BCUT2D eigenvalue weighted by Gasteiger charge is -2.11. The van der Waals surface area contributed by atoms with E-state index >= 15 is 0 Å². The summed E-state index contributed by atoms with van der Waals surface area (Å²) in [4.78, 5) is 45.9. The zero-order valence-corrected chi connectivity index (χ0v) is 9.04. The van der Waals surface area contributed by atoms with Crippen LogP contribution >= 0.6 is 0 Å². The van der Waals surface area contributed by atoms with Crippen LogP contribution in [0.4, 0.5) is 0 Å². The second kappa shape index (κ2) is 5.62. The summed E-state index contributed by atoms with van der Waals surface area (Å²) in [6.07, 6.45) is 0.481. The van der Waals surface area contributed by atoms with Gasteiger partial charge in [-0.15, -0.1) is 0 Å². The molecule has 0 aliphatic heterocycles. The maximum atomic E-state index is 11.6. The van der Waals surface area contributed by atoms with Crippen molar-refractivity contribution < 1.29 is 24.6 Å². The van der Waals surface area contributed by atoms with Gasteiger partial charge in [-0.3, -0.25) is 14.4 Å². The molecule has 1 aromatic rings. The van der Waals surface area contributed by atoms with Gasteiger partial charge in [0.05, 0.1) is 6.42 Å². The van der Waals surface area contributed by atoms with Crippen molar-refractivity contribution in [2.45, 2.75) is 12.5 Å². The van der Waals surface area contributed by atoms with Crippen LogP contribution in [0.25, 0.3) is 0 Å². The van der Waals surface area contributed by atoms with Gasteiger partial charge in [-0.05, 0) is 6.07 Å². The molecule has 1 amide bonds. The van der Waals surface area contributed by atoms with E-state index in [1.165, 1.54) is 12.3 Å².